The third-order valence-corrected chi connectivity index (χ3v) is 7.46. The number of pyridine rings is 2. The van der Waals surface area contributed by atoms with E-state index in [2.05, 4.69) is 32.7 Å². The molecule has 25 heavy (non-hydrogen) atoms. The van der Waals surface area contributed by atoms with Gasteiger partial charge in [0.1, 0.15) is 5.82 Å². The number of rotatable bonds is 3. The summed E-state index contributed by atoms with van der Waals surface area (Å²) in [7, 11) is -1.53. The maximum Gasteiger partial charge on any atom is 0.211 e. The molecule has 136 valence electrons. The number of aryl methyl sites for hydroxylation is 2. The number of likely N-dealkylation sites (N-methyl/N-ethyl adjacent to an activating group) is 1. The van der Waals surface area contributed by atoms with Crippen LogP contribution in [-0.4, -0.2) is 55.1 Å². The van der Waals surface area contributed by atoms with E-state index in [9.17, 15) is 8.42 Å². The Kier molecular flexibility index (Phi) is 5.05. The molecule has 0 spiro atoms. The number of aromatic nitrogens is 2. The molecule has 1 aliphatic rings. The van der Waals surface area contributed by atoms with E-state index in [4.69, 9.17) is 4.98 Å². The SMILES string of the molecule is Cc1nc2nc(N3CCCC(N(C)S(C)(=O)=O)C3)ccc2c(C)c1Br. The molecule has 3 rings (SSSR count). The highest BCUT2D eigenvalue weighted by atomic mass is 79.9. The van der Waals surface area contributed by atoms with Gasteiger partial charge in [-0.15, -0.1) is 0 Å². The Morgan fingerprint density at radius 1 is 1.28 bits per heavy atom. The first-order chi connectivity index (χ1) is 11.7. The molecule has 1 unspecified atom stereocenters. The number of hydrogen-bond acceptors (Lipinski definition) is 5. The first kappa shape index (κ1) is 18.5. The van der Waals surface area contributed by atoms with Gasteiger partial charge in [-0.2, -0.15) is 0 Å². The molecule has 0 aromatic carbocycles. The molecule has 0 bridgehead atoms. The summed E-state index contributed by atoms with van der Waals surface area (Å²) < 4.78 is 26.2. The van der Waals surface area contributed by atoms with Crippen LogP contribution in [0.3, 0.4) is 0 Å². The predicted octanol–water partition coefficient (Wildman–Crippen LogP) is 2.87. The standard InChI is InChI=1S/C17H23BrN4O2S/c1-11-14-7-8-15(20-17(14)19-12(2)16(11)18)22-9-5-6-13(10-22)21(3)25(4,23)24/h7-8,13H,5-6,9-10H2,1-4H3. The normalized spacial score (nSPS) is 19.0. The Hall–Kier alpha value is -1.25. The van der Waals surface area contributed by atoms with Crippen molar-refractivity contribution in [3.63, 3.8) is 0 Å². The Bertz CT molecular complexity index is 916. The van der Waals surface area contributed by atoms with Crippen LogP contribution in [-0.2, 0) is 10.0 Å². The number of hydrogen-bond donors (Lipinski definition) is 0. The maximum atomic E-state index is 11.8. The van der Waals surface area contributed by atoms with Crippen LogP contribution in [0.2, 0.25) is 0 Å². The van der Waals surface area contributed by atoms with Gasteiger partial charge in [-0.05, 0) is 60.3 Å². The summed E-state index contributed by atoms with van der Waals surface area (Å²) in [6, 6.07) is 4.03. The molecular weight excluding hydrogens is 404 g/mol. The van der Waals surface area contributed by atoms with E-state index in [1.54, 1.807) is 7.05 Å². The van der Waals surface area contributed by atoms with Gasteiger partial charge in [0.2, 0.25) is 10.0 Å². The Morgan fingerprint density at radius 3 is 2.68 bits per heavy atom. The lowest BCUT2D eigenvalue weighted by Gasteiger charge is -2.37. The maximum absolute atomic E-state index is 11.8. The van der Waals surface area contributed by atoms with Crippen molar-refractivity contribution in [2.45, 2.75) is 32.7 Å². The summed E-state index contributed by atoms with van der Waals surface area (Å²) in [4.78, 5) is 11.5. The number of fused-ring (bicyclic) bond motifs is 1. The zero-order chi connectivity index (χ0) is 18.4. The van der Waals surface area contributed by atoms with Gasteiger partial charge < -0.3 is 4.90 Å². The van der Waals surface area contributed by atoms with Crippen molar-refractivity contribution in [1.29, 1.82) is 0 Å². The number of sulfonamides is 1. The van der Waals surface area contributed by atoms with Gasteiger partial charge in [0.15, 0.2) is 5.65 Å². The molecule has 0 aliphatic carbocycles. The third kappa shape index (κ3) is 3.66. The van der Waals surface area contributed by atoms with Crippen LogP contribution in [0.25, 0.3) is 11.0 Å². The fraction of sp³-hybridized carbons (Fsp3) is 0.529. The molecule has 6 nitrogen and oxygen atoms in total. The number of anilines is 1. The summed E-state index contributed by atoms with van der Waals surface area (Å²) in [5.74, 6) is 0.854. The highest BCUT2D eigenvalue weighted by molar-refractivity contribution is 9.10. The summed E-state index contributed by atoms with van der Waals surface area (Å²) in [5, 5.41) is 1.03. The van der Waals surface area contributed by atoms with Crippen LogP contribution in [0.1, 0.15) is 24.1 Å². The van der Waals surface area contributed by atoms with Gasteiger partial charge in [0.05, 0.1) is 11.9 Å². The number of nitrogens with zero attached hydrogens (tertiary/aromatic N) is 4. The molecule has 0 radical (unpaired) electrons. The third-order valence-electron chi connectivity index (χ3n) is 4.94. The van der Waals surface area contributed by atoms with Crippen LogP contribution in [0, 0.1) is 13.8 Å². The first-order valence-electron chi connectivity index (χ1n) is 8.30. The highest BCUT2D eigenvalue weighted by Crippen LogP contribution is 2.29. The lowest BCUT2D eigenvalue weighted by atomic mass is 10.1. The lowest BCUT2D eigenvalue weighted by Crippen LogP contribution is -2.48. The molecule has 2 aromatic heterocycles. The molecule has 1 saturated heterocycles. The van der Waals surface area contributed by atoms with E-state index in [1.165, 1.54) is 10.6 Å². The van der Waals surface area contributed by atoms with Crippen LogP contribution in [0.4, 0.5) is 5.82 Å². The number of halogens is 1. The van der Waals surface area contributed by atoms with Gasteiger partial charge in [0, 0.05) is 36.0 Å². The molecule has 1 atom stereocenters. The molecule has 1 aliphatic heterocycles. The minimum atomic E-state index is -3.19. The average Bonchev–Trinajstić information content (AvgIpc) is 2.58. The Morgan fingerprint density at radius 2 is 2.00 bits per heavy atom. The van der Waals surface area contributed by atoms with Crippen molar-refractivity contribution in [3.05, 3.63) is 27.9 Å². The van der Waals surface area contributed by atoms with Crippen molar-refractivity contribution in [3.8, 4) is 0 Å². The molecule has 2 aromatic rings. The van der Waals surface area contributed by atoms with Crippen LogP contribution in [0.5, 0.6) is 0 Å². The fourth-order valence-electron chi connectivity index (χ4n) is 3.32. The van der Waals surface area contributed by atoms with Crippen molar-refractivity contribution in [2.24, 2.45) is 0 Å². The monoisotopic (exact) mass is 426 g/mol. The van der Waals surface area contributed by atoms with Gasteiger partial charge in [-0.25, -0.2) is 22.7 Å². The average molecular weight is 427 g/mol. The minimum Gasteiger partial charge on any atom is -0.355 e. The van der Waals surface area contributed by atoms with E-state index < -0.39 is 10.0 Å². The highest BCUT2D eigenvalue weighted by Gasteiger charge is 2.28. The zero-order valence-electron chi connectivity index (χ0n) is 15.0. The molecule has 0 amide bonds. The molecule has 1 fully saturated rings. The first-order valence-corrected chi connectivity index (χ1v) is 10.9. The summed E-state index contributed by atoms with van der Waals surface area (Å²) in [6.07, 6.45) is 3.07. The van der Waals surface area contributed by atoms with Crippen molar-refractivity contribution < 1.29 is 8.42 Å². The summed E-state index contributed by atoms with van der Waals surface area (Å²) in [5.41, 5.74) is 2.78. The van der Waals surface area contributed by atoms with Crippen molar-refractivity contribution in [2.75, 3.05) is 31.3 Å². The van der Waals surface area contributed by atoms with Gasteiger partial charge >= 0.3 is 0 Å². The van der Waals surface area contributed by atoms with Crippen molar-refractivity contribution >= 4 is 42.8 Å². The van der Waals surface area contributed by atoms with Crippen LogP contribution >= 0.6 is 15.9 Å². The molecular formula is C17H23BrN4O2S. The molecule has 8 heteroatoms. The van der Waals surface area contributed by atoms with E-state index in [0.717, 1.165) is 52.0 Å². The van der Waals surface area contributed by atoms with E-state index in [-0.39, 0.29) is 6.04 Å². The smallest absolute Gasteiger partial charge is 0.211 e. The zero-order valence-corrected chi connectivity index (χ0v) is 17.4. The lowest BCUT2D eigenvalue weighted by molar-refractivity contribution is 0.321. The summed E-state index contributed by atoms with van der Waals surface area (Å²) >= 11 is 3.57. The van der Waals surface area contributed by atoms with E-state index >= 15 is 0 Å². The second kappa shape index (κ2) is 6.81. The topological polar surface area (TPSA) is 66.4 Å². The minimum absolute atomic E-state index is 0.0254. The largest absolute Gasteiger partial charge is 0.355 e. The van der Waals surface area contributed by atoms with Crippen LogP contribution < -0.4 is 4.90 Å². The quantitative estimate of drug-likeness (QED) is 0.754. The van der Waals surface area contributed by atoms with Gasteiger partial charge in [-0.3, -0.25) is 0 Å². The molecule has 0 saturated carbocycles. The van der Waals surface area contributed by atoms with Crippen molar-refractivity contribution in [1.82, 2.24) is 14.3 Å². The predicted molar refractivity (Wildman–Crippen MR) is 105 cm³/mol. The van der Waals surface area contributed by atoms with Crippen LogP contribution in [0.15, 0.2) is 16.6 Å². The second-order valence-corrected chi connectivity index (χ2v) is 9.53. The van der Waals surface area contributed by atoms with Gasteiger partial charge in [0.25, 0.3) is 0 Å². The molecule has 0 N–H and O–H groups in total. The second-order valence-electron chi connectivity index (χ2n) is 6.70. The molecule has 3 heterocycles. The van der Waals surface area contributed by atoms with E-state index in [1.807, 2.05) is 19.1 Å². The Labute approximate surface area is 157 Å². The fourth-order valence-corrected chi connectivity index (χ4v) is 4.34. The van der Waals surface area contributed by atoms with Gasteiger partial charge in [-0.1, -0.05) is 0 Å². The Balaban J connectivity index is 1.92. The number of piperidine rings is 1. The van der Waals surface area contributed by atoms with E-state index in [0.29, 0.717) is 6.54 Å². The summed E-state index contributed by atoms with van der Waals surface area (Å²) in [6.45, 7) is 5.54.